The van der Waals surface area contributed by atoms with E-state index in [-0.39, 0.29) is 0 Å². The lowest BCUT2D eigenvalue weighted by atomic mass is 9.93. The van der Waals surface area contributed by atoms with E-state index in [0.717, 1.165) is 12.8 Å². The standard InChI is InChI=1S/C20H34O13/c1-8-13(24)15(26)16(27)19(30-8)31-9-4-2-3-5-10(9)32-20-17(28)18(29-7-12(22)23)14(25)11(6-21)33-20/h8-11,13-21,24-28H,2-7H2,1H3,(H,22,23)/t8-,9+,10+,11-,13+,14-,15-,16-,17-,18-,19-,20+/m0/s1. The van der Waals surface area contributed by atoms with Gasteiger partial charge in [-0.1, -0.05) is 12.8 Å². The fourth-order valence-electron chi connectivity index (χ4n) is 4.37. The van der Waals surface area contributed by atoms with Gasteiger partial charge in [0.1, 0.15) is 49.3 Å². The largest absolute Gasteiger partial charge is 0.480 e. The molecule has 7 N–H and O–H groups in total. The van der Waals surface area contributed by atoms with Crippen LogP contribution in [0.2, 0.25) is 0 Å². The van der Waals surface area contributed by atoms with Crippen LogP contribution in [-0.2, 0) is 28.5 Å². The highest BCUT2D eigenvalue weighted by Gasteiger charge is 2.48. The highest BCUT2D eigenvalue weighted by molar-refractivity contribution is 5.68. The van der Waals surface area contributed by atoms with Crippen molar-refractivity contribution in [2.45, 2.75) is 106 Å². The number of aliphatic hydroxyl groups is 6. The van der Waals surface area contributed by atoms with Gasteiger partial charge in [0.15, 0.2) is 12.6 Å². The maximum Gasteiger partial charge on any atom is 0.329 e. The summed E-state index contributed by atoms with van der Waals surface area (Å²) in [6.07, 6.45) is -11.9. The van der Waals surface area contributed by atoms with E-state index in [9.17, 15) is 35.4 Å². The molecule has 0 spiro atoms. The summed E-state index contributed by atoms with van der Waals surface area (Å²) in [5, 5.41) is 69.4. The summed E-state index contributed by atoms with van der Waals surface area (Å²) >= 11 is 0. The Morgan fingerprint density at radius 1 is 0.848 bits per heavy atom. The minimum absolute atomic E-state index is 0.494. The van der Waals surface area contributed by atoms with Gasteiger partial charge in [-0.2, -0.15) is 0 Å². The normalized spacial score (nSPS) is 46.8. The molecule has 1 aliphatic carbocycles. The highest BCUT2D eigenvalue weighted by Crippen LogP contribution is 2.32. The number of carboxylic acids is 1. The van der Waals surface area contributed by atoms with Crippen molar-refractivity contribution in [2.24, 2.45) is 0 Å². The monoisotopic (exact) mass is 482 g/mol. The number of hydrogen-bond donors (Lipinski definition) is 7. The van der Waals surface area contributed by atoms with Gasteiger partial charge in [-0.05, 0) is 19.8 Å². The molecule has 0 aromatic carbocycles. The van der Waals surface area contributed by atoms with Crippen molar-refractivity contribution in [1.82, 2.24) is 0 Å². The first-order chi connectivity index (χ1) is 15.6. The number of aliphatic hydroxyl groups excluding tert-OH is 6. The Labute approximate surface area is 190 Å². The van der Waals surface area contributed by atoms with Gasteiger partial charge in [0.25, 0.3) is 0 Å². The maximum atomic E-state index is 10.8. The van der Waals surface area contributed by atoms with Gasteiger partial charge in [0.2, 0.25) is 0 Å². The minimum Gasteiger partial charge on any atom is -0.480 e. The average Bonchev–Trinajstić information content (AvgIpc) is 2.78. The van der Waals surface area contributed by atoms with E-state index in [0.29, 0.717) is 12.8 Å². The molecule has 2 aliphatic heterocycles. The van der Waals surface area contributed by atoms with Crippen LogP contribution in [0.15, 0.2) is 0 Å². The lowest BCUT2D eigenvalue weighted by molar-refractivity contribution is -0.343. The summed E-state index contributed by atoms with van der Waals surface area (Å²) in [5.74, 6) is -1.30. The van der Waals surface area contributed by atoms with Crippen LogP contribution in [0.3, 0.4) is 0 Å². The van der Waals surface area contributed by atoms with Crippen LogP contribution in [0, 0.1) is 0 Å². The van der Waals surface area contributed by atoms with Gasteiger partial charge in [-0.25, -0.2) is 4.79 Å². The SMILES string of the molecule is C[C@@H]1O[C@@H](O[C@@H]2CCCC[C@H]2O[C@@H]2O[C@@H](CO)[C@H](O)[C@H](OCC(=O)O)[C@@H]2O)[C@@H](O)[C@@H](O)[C@@H]1O. The summed E-state index contributed by atoms with van der Waals surface area (Å²) in [6.45, 7) is 0.141. The number of aliphatic carboxylic acids is 1. The molecule has 0 aromatic heterocycles. The van der Waals surface area contributed by atoms with Crippen LogP contribution >= 0.6 is 0 Å². The quantitative estimate of drug-likeness (QED) is 0.185. The Balaban J connectivity index is 1.68. The van der Waals surface area contributed by atoms with Crippen molar-refractivity contribution in [2.75, 3.05) is 13.2 Å². The van der Waals surface area contributed by atoms with Crippen molar-refractivity contribution in [3.8, 4) is 0 Å². The van der Waals surface area contributed by atoms with Crippen LogP contribution in [0.4, 0.5) is 0 Å². The van der Waals surface area contributed by atoms with E-state index in [1.807, 2.05) is 0 Å². The number of ether oxygens (including phenoxy) is 5. The number of carboxylic acid groups (broad SMARTS) is 1. The molecule has 12 atom stereocenters. The van der Waals surface area contributed by atoms with Crippen LogP contribution in [0.1, 0.15) is 32.6 Å². The third-order valence-electron chi connectivity index (χ3n) is 6.29. The summed E-state index contributed by atoms with van der Waals surface area (Å²) in [4.78, 5) is 10.8. The molecule has 1 saturated carbocycles. The molecule has 3 fully saturated rings. The summed E-state index contributed by atoms with van der Waals surface area (Å²) < 4.78 is 27.9. The lowest BCUT2D eigenvalue weighted by Crippen LogP contribution is -2.62. The van der Waals surface area contributed by atoms with Crippen molar-refractivity contribution in [3.63, 3.8) is 0 Å². The Morgan fingerprint density at radius 2 is 1.42 bits per heavy atom. The molecule has 0 aromatic rings. The van der Waals surface area contributed by atoms with E-state index < -0.39 is 92.8 Å². The number of hydrogen-bond acceptors (Lipinski definition) is 12. The van der Waals surface area contributed by atoms with Gasteiger partial charge < -0.3 is 59.4 Å². The molecular formula is C20H34O13. The Morgan fingerprint density at radius 3 is 1.97 bits per heavy atom. The van der Waals surface area contributed by atoms with Gasteiger partial charge in [0, 0.05) is 0 Å². The fourth-order valence-corrected chi connectivity index (χ4v) is 4.37. The average molecular weight is 482 g/mol. The van der Waals surface area contributed by atoms with Crippen LogP contribution in [0.5, 0.6) is 0 Å². The Kier molecular flexibility index (Phi) is 9.39. The number of rotatable bonds is 8. The molecule has 13 heteroatoms. The van der Waals surface area contributed by atoms with Gasteiger partial charge in [-0.15, -0.1) is 0 Å². The summed E-state index contributed by atoms with van der Waals surface area (Å²) in [6, 6.07) is 0. The summed E-state index contributed by atoms with van der Waals surface area (Å²) in [5.41, 5.74) is 0. The second kappa shape index (κ2) is 11.6. The molecule has 2 heterocycles. The van der Waals surface area contributed by atoms with Gasteiger partial charge >= 0.3 is 5.97 Å². The van der Waals surface area contributed by atoms with Crippen molar-refractivity contribution >= 4 is 5.97 Å². The zero-order valence-corrected chi connectivity index (χ0v) is 18.3. The first-order valence-corrected chi connectivity index (χ1v) is 11.1. The van der Waals surface area contributed by atoms with E-state index >= 15 is 0 Å². The molecule has 0 unspecified atom stereocenters. The van der Waals surface area contributed by atoms with Crippen molar-refractivity contribution in [1.29, 1.82) is 0 Å². The second-order valence-corrected chi connectivity index (χ2v) is 8.69. The van der Waals surface area contributed by atoms with Gasteiger partial charge in [0.05, 0.1) is 24.9 Å². The predicted octanol–water partition coefficient (Wildman–Crippen LogP) is -2.93. The fraction of sp³-hybridized carbons (Fsp3) is 0.950. The van der Waals surface area contributed by atoms with E-state index in [1.54, 1.807) is 0 Å². The highest BCUT2D eigenvalue weighted by atomic mass is 16.7. The first-order valence-electron chi connectivity index (χ1n) is 11.1. The van der Waals surface area contributed by atoms with E-state index in [1.165, 1.54) is 6.92 Å². The van der Waals surface area contributed by atoms with E-state index in [4.69, 9.17) is 28.8 Å². The molecule has 13 nitrogen and oxygen atoms in total. The van der Waals surface area contributed by atoms with E-state index in [2.05, 4.69) is 0 Å². The molecule has 33 heavy (non-hydrogen) atoms. The molecule has 0 amide bonds. The smallest absolute Gasteiger partial charge is 0.329 e. The Bertz CT molecular complexity index is 635. The van der Waals surface area contributed by atoms with Crippen LogP contribution in [0.25, 0.3) is 0 Å². The van der Waals surface area contributed by atoms with Crippen LogP contribution in [-0.4, -0.2) is 129 Å². The van der Waals surface area contributed by atoms with Crippen molar-refractivity contribution in [3.05, 3.63) is 0 Å². The molecular weight excluding hydrogens is 448 g/mol. The molecule has 3 rings (SSSR count). The van der Waals surface area contributed by atoms with Gasteiger partial charge in [-0.3, -0.25) is 0 Å². The zero-order chi connectivity index (χ0) is 24.3. The minimum atomic E-state index is -1.56. The third-order valence-corrected chi connectivity index (χ3v) is 6.29. The summed E-state index contributed by atoms with van der Waals surface area (Å²) in [7, 11) is 0. The molecule has 0 bridgehead atoms. The van der Waals surface area contributed by atoms with Crippen molar-refractivity contribution < 1.29 is 64.2 Å². The topological polar surface area (TPSA) is 205 Å². The predicted molar refractivity (Wildman–Crippen MR) is 106 cm³/mol. The molecule has 192 valence electrons. The third kappa shape index (κ3) is 6.18. The van der Waals surface area contributed by atoms with Crippen LogP contribution < -0.4 is 0 Å². The molecule has 3 aliphatic rings. The zero-order valence-electron chi connectivity index (χ0n) is 18.3. The molecule has 0 radical (unpaired) electrons. The number of carbonyl (C=O) groups is 1. The molecule has 2 saturated heterocycles. The first kappa shape index (κ1) is 26.6. The lowest BCUT2D eigenvalue weighted by Gasteiger charge is -2.45. The maximum absolute atomic E-state index is 10.8. The Hall–Kier alpha value is -0.970. The second-order valence-electron chi connectivity index (χ2n) is 8.69.